The molecule has 0 unspecified atom stereocenters. The molecule has 2 aliphatic heterocycles. The second-order valence-corrected chi connectivity index (χ2v) is 8.38. The molecular weight excluding hydrogens is 363 g/mol. The first-order valence-corrected chi connectivity index (χ1v) is 9.86. The zero-order valence-electron chi connectivity index (χ0n) is 17.0. The summed E-state index contributed by atoms with van der Waals surface area (Å²) in [4.78, 5) is 29.5. The average molecular weight is 392 g/mol. The second-order valence-electron chi connectivity index (χ2n) is 8.38. The van der Waals surface area contributed by atoms with Crippen LogP contribution in [0.15, 0.2) is 24.3 Å². The molecule has 2 heterocycles. The number of hydrogen-bond donors (Lipinski definition) is 0. The summed E-state index contributed by atoms with van der Waals surface area (Å²) in [5, 5.41) is 0. The molecule has 0 N–H and O–H groups in total. The van der Waals surface area contributed by atoms with Gasteiger partial charge in [-0.2, -0.15) is 0 Å². The number of halogens is 1. The van der Waals surface area contributed by atoms with Crippen molar-refractivity contribution in [3.8, 4) is 0 Å². The molecular formula is C21H29FN2O4. The monoisotopic (exact) mass is 392 g/mol. The Bertz CT molecular complexity index is 712. The Hall–Kier alpha value is -2.15. The SMILES string of the molecule is CC(C)C[C@H](C(=O)N1CCN(c2ccc(F)cc2)CC1)[C@H]1OC(C)(C)OC1=O. The number of benzene rings is 1. The lowest BCUT2D eigenvalue weighted by atomic mass is 9.90. The highest BCUT2D eigenvalue weighted by molar-refractivity contribution is 5.88. The summed E-state index contributed by atoms with van der Waals surface area (Å²) < 4.78 is 24.2. The van der Waals surface area contributed by atoms with Gasteiger partial charge in [-0.1, -0.05) is 13.8 Å². The lowest BCUT2D eigenvalue weighted by Gasteiger charge is -2.38. The molecule has 0 saturated carbocycles. The molecule has 0 aromatic heterocycles. The minimum Gasteiger partial charge on any atom is -0.432 e. The zero-order valence-corrected chi connectivity index (χ0v) is 17.0. The zero-order chi connectivity index (χ0) is 20.5. The lowest BCUT2D eigenvalue weighted by Crippen LogP contribution is -2.52. The van der Waals surface area contributed by atoms with Crippen molar-refractivity contribution in [2.24, 2.45) is 11.8 Å². The number of rotatable bonds is 5. The third-order valence-electron chi connectivity index (χ3n) is 5.18. The van der Waals surface area contributed by atoms with Crippen LogP contribution in [-0.4, -0.2) is 54.8 Å². The van der Waals surface area contributed by atoms with E-state index in [0.717, 1.165) is 5.69 Å². The van der Waals surface area contributed by atoms with Crippen LogP contribution in [0.1, 0.15) is 34.1 Å². The number of anilines is 1. The van der Waals surface area contributed by atoms with Crippen LogP contribution in [0, 0.1) is 17.7 Å². The molecule has 3 rings (SSSR count). The fourth-order valence-corrected chi connectivity index (χ4v) is 3.86. The third-order valence-corrected chi connectivity index (χ3v) is 5.18. The average Bonchev–Trinajstić information content (AvgIpc) is 2.92. The summed E-state index contributed by atoms with van der Waals surface area (Å²) >= 11 is 0. The Balaban J connectivity index is 1.67. The number of amides is 1. The first-order valence-electron chi connectivity index (χ1n) is 9.86. The number of ether oxygens (including phenoxy) is 2. The van der Waals surface area contributed by atoms with Gasteiger partial charge in [-0.15, -0.1) is 0 Å². The Kier molecular flexibility index (Phi) is 5.93. The predicted molar refractivity (Wildman–Crippen MR) is 103 cm³/mol. The van der Waals surface area contributed by atoms with Crippen molar-refractivity contribution in [3.63, 3.8) is 0 Å². The van der Waals surface area contributed by atoms with Gasteiger partial charge < -0.3 is 19.3 Å². The molecule has 1 aromatic carbocycles. The van der Waals surface area contributed by atoms with E-state index in [-0.39, 0.29) is 17.6 Å². The maximum atomic E-state index is 13.2. The highest BCUT2D eigenvalue weighted by Crippen LogP contribution is 2.32. The maximum absolute atomic E-state index is 13.2. The van der Waals surface area contributed by atoms with E-state index < -0.39 is 23.8 Å². The van der Waals surface area contributed by atoms with Gasteiger partial charge in [0.2, 0.25) is 11.7 Å². The Labute approximate surface area is 165 Å². The number of carbonyl (C=O) groups is 2. The van der Waals surface area contributed by atoms with Crippen molar-refractivity contribution in [1.82, 2.24) is 4.90 Å². The molecule has 7 heteroatoms. The summed E-state index contributed by atoms with van der Waals surface area (Å²) in [6.07, 6.45) is -0.299. The van der Waals surface area contributed by atoms with Crippen LogP contribution < -0.4 is 4.90 Å². The van der Waals surface area contributed by atoms with Gasteiger partial charge in [-0.25, -0.2) is 9.18 Å². The van der Waals surface area contributed by atoms with E-state index in [1.165, 1.54) is 12.1 Å². The number of nitrogens with zero attached hydrogens (tertiary/aromatic N) is 2. The predicted octanol–water partition coefficient (Wildman–Crippen LogP) is 2.81. The van der Waals surface area contributed by atoms with Crippen molar-refractivity contribution >= 4 is 17.6 Å². The molecule has 0 radical (unpaired) electrons. The molecule has 2 saturated heterocycles. The minimum atomic E-state index is -1.00. The molecule has 1 aromatic rings. The van der Waals surface area contributed by atoms with Gasteiger partial charge in [0.05, 0.1) is 5.92 Å². The van der Waals surface area contributed by atoms with Crippen LogP contribution >= 0.6 is 0 Å². The lowest BCUT2D eigenvalue weighted by molar-refractivity contribution is -0.163. The first-order chi connectivity index (χ1) is 13.2. The van der Waals surface area contributed by atoms with Crippen LogP contribution in [0.5, 0.6) is 0 Å². The van der Waals surface area contributed by atoms with Crippen LogP contribution in [0.3, 0.4) is 0 Å². The van der Waals surface area contributed by atoms with Crippen LogP contribution in [0.2, 0.25) is 0 Å². The van der Waals surface area contributed by atoms with E-state index in [9.17, 15) is 14.0 Å². The standard InChI is InChI=1S/C21H29FN2O4/c1-14(2)13-17(18-20(26)28-21(3,4)27-18)19(25)24-11-9-23(10-12-24)16-7-5-15(22)6-8-16/h5-8,14,17-18H,9-13H2,1-4H3/t17-,18+/m0/s1. The summed E-state index contributed by atoms with van der Waals surface area (Å²) in [7, 11) is 0. The van der Waals surface area contributed by atoms with E-state index in [1.807, 2.05) is 13.8 Å². The molecule has 154 valence electrons. The van der Waals surface area contributed by atoms with Gasteiger partial charge >= 0.3 is 5.97 Å². The summed E-state index contributed by atoms with van der Waals surface area (Å²) in [5.74, 6) is -2.10. The first kappa shape index (κ1) is 20.6. The Morgan fingerprint density at radius 1 is 1.18 bits per heavy atom. The molecule has 2 fully saturated rings. The van der Waals surface area contributed by atoms with Crippen molar-refractivity contribution in [2.45, 2.75) is 46.0 Å². The summed E-state index contributed by atoms with van der Waals surface area (Å²) in [5.41, 5.74) is 0.941. The molecule has 2 aliphatic rings. The molecule has 2 atom stereocenters. The van der Waals surface area contributed by atoms with Crippen molar-refractivity contribution in [1.29, 1.82) is 0 Å². The third kappa shape index (κ3) is 4.63. The number of carbonyl (C=O) groups excluding carboxylic acids is 2. The Morgan fingerprint density at radius 2 is 1.79 bits per heavy atom. The normalized spacial score (nSPS) is 23.1. The van der Waals surface area contributed by atoms with E-state index in [1.54, 1.807) is 30.9 Å². The van der Waals surface area contributed by atoms with E-state index >= 15 is 0 Å². The van der Waals surface area contributed by atoms with E-state index in [2.05, 4.69) is 4.90 Å². The van der Waals surface area contributed by atoms with E-state index in [0.29, 0.717) is 32.6 Å². The van der Waals surface area contributed by atoms with Gasteiger partial charge in [0.1, 0.15) is 5.82 Å². The van der Waals surface area contributed by atoms with Crippen molar-refractivity contribution in [3.05, 3.63) is 30.1 Å². The van der Waals surface area contributed by atoms with Gasteiger partial charge in [-0.3, -0.25) is 4.79 Å². The highest BCUT2D eigenvalue weighted by atomic mass is 19.1. The molecule has 0 bridgehead atoms. The smallest absolute Gasteiger partial charge is 0.338 e. The number of piperazine rings is 1. The Morgan fingerprint density at radius 3 is 2.29 bits per heavy atom. The van der Waals surface area contributed by atoms with Crippen LogP contribution in [-0.2, 0) is 19.1 Å². The van der Waals surface area contributed by atoms with Gasteiger partial charge in [0.25, 0.3) is 0 Å². The highest BCUT2D eigenvalue weighted by Gasteiger charge is 2.48. The molecule has 0 spiro atoms. The van der Waals surface area contributed by atoms with Crippen molar-refractivity contribution < 1.29 is 23.5 Å². The quantitative estimate of drug-likeness (QED) is 0.721. The van der Waals surface area contributed by atoms with Gasteiger partial charge in [0.15, 0.2) is 6.10 Å². The molecule has 28 heavy (non-hydrogen) atoms. The molecule has 6 nitrogen and oxygen atoms in total. The van der Waals surface area contributed by atoms with Gasteiger partial charge in [0, 0.05) is 45.7 Å². The summed E-state index contributed by atoms with van der Waals surface area (Å²) in [6.45, 7) is 9.84. The topological polar surface area (TPSA) is 59.1 Å². The fraction of sp³-hybridized carbons (Fsp3) is 0.619. The molecule has 0 aliphatic carbocycles. The number of esters is 1. The second kappa shape index (κ2) is 8.07. The van der Waals surface area contributed by atoms with Crippen molar-refractivity contribution in [2.75, 3.05) is 31.1 Å². The molecule has 1 amide bonds. The number of hydrogen-bond acceptors (Lipinski definition) is 5. The fourth-order valence-electron chi connectivity index (χ4n) is 3.86. The van der Waals surface area contributed by atoms with Crippen LogP contribution in [0.4, 0.5) is 10.1 Å². The minimum absolute atomic E-state index is 0.0629. The maximum Gasteiger partial charge on any atom is 0.338 e. The largest absolute Gasteiger partial charge is 0.432 e. The van der Waals surface area contributed by atoms with Gasteiger partial charge in [-0.05, 0) is 36.6 Å². The van der Waals surface area contributed by atoms with E-state index in [4.69, 9.17) is 9.47 Å². The van der Waals surface area contributed by atoms with Crippen LogP contribution in [0.25, 0.3) is 0 Å². The summed E-state index contributed by atoms with van der Waals surface area (Å²) in [6, 6.07) is 6.38. The number of cyclic esters (lactones) is 1.